The van der Waals surface area contributed by atoms with Crippen molar-refractivity contribution >= 4 is 0 Å². The molecule has 1 heterocycles. The summed E-state index contributed by atoms with van der Waals surface area (Å²) in [7, 11) is 1.67. The van der Waals surface area contributed by atoms with Crippen molar-refractivity contribution in [2.75, 3.05) is 7.11 Å². The summed E-state index contributed by atoms with van der Waals surface area (Å²) >= 11 is 0. The van der Waals surface area contributed by atoms with Gasteiger partial charge in [0.15, 0.2) is 0 Å². The maximum Gasteiger partial charge on any atom is 0.123 e. The van der Waals surface area contributed by atoms with Gasteiger partial charge in [0.05, 0.1) is 7.11 Å². The van der Waals surface area contributed by atoms with Gasteiger partial charge in [0.2, 0.25) is 0 Å². The fourth-order valence-electron chi connectivity index (χ4n) is 2.00. The summed E-state index contributed by atoms with van der Waals surface area (Å²) in [6.07, 6.45) is 5.47. The minimum atomic E-state index is -0.0126. The van der Waals surface area contributed by atoms with Gasteiger partial charge in [-0.2, -0.15) is 0 Å². The lowest BCUT2D eigenvalue weighted by molar-refractivity contribution is 0.404. The quantitative estimate of drug-likeness (QED) is 0.877. The van der Waals surface area contributed by atoms with Gasteiger partial charge in [-0.3, -0.25) is 4.98 Å². The predicted octanol–water partition coefficient (Wildman–Crippen LogP) is 2.72. The summed E-state index contributed by atoms with van der Waals surface area (Å²) in [6.45, 7) is 0. The number of nitrogens with two attached hydrogens (primary N) is 1. The van der Waals surface area contributed by atoms with Crippen LogP contribution in [0.25, 0.3) is 0 Å². The molecule has 0 radical (unpaired) electrons. The van der Waals surface area contributed by atoms with Crippen molar-refractivity contribution < 1.29 is 4.74 Å². The molecule has 0 aliphatic rings. The molecule has 94 valence electrons. The molecule has 0 fully saturated rings. The molecule has 0 aliphatic heterocycles. The zero-order valence-corrected chi connectivity index (χ0v) is 10.5. The van der Waals surface area contributed by atoms with Gasteiger partial charge >= 0.3 is 0 Å². The molecule has 3 nitrogen and oxygen atoms in total. The molecule has 0 saturated heterocycles. The number of aryl methyl sites for hydroxylation is 1. The van der Waals surface area contributed by atoms with Crippen molar-refractivity contribution in [1.29, 1.82) is 0 Å². The van der Waals surface area contributed by atoms with Crippen LogP contribution < -0.4 is 10.5 Å². The molecular formula is C15H18N2O. The van der Waals surface area contributed by atoms with Crippen molar-refractivity contribution in [3.8, 4) is 5.75 Å². The van der Waals surface area contributed by atoms with Crippen molar-refractivity contribution in [2.24, 2.45) is 5.73 Å². The zero-order chi connectivity index (χ0) is 12.8. The Bertz CT molecular complexity index is 485. The smallest absolute Gasteiger partial charge is 0.123 e. The first-order chi connectivity index (χ1) is 8.81. The highest BCUT2D eigenvalue weighted by Crippen LogP contribution is 2.25. The van der Waals surface area contributed by atoms with Crippen molar-refractivity contribution in [3.63, 3.8) is 0 Å². The number of ether oxygens (including phenoxy) is 1. The maximum absolute atomic E-state index is 6.22. The zero-order valence-electron chi connectivity index (χ0n) is 10.5. The Hall–Kier alpha value is -1.87. The molecule has 1 aromatic carbocycles. The normalized spacial score (nSPS) is 12.1. The topological polar surface area (TPSA) is 48.1 Å². The van der Waals surface area contributed by atoms with E-state index in [9.17, 15) is 0 Å². The van der Waals surface area contributed by atoms with Crippen molar-refractivity contribution in [3.05, 3.63) is 59.9 Å². The number of rotatable bonds is 5. The molecule has 1 aromatic heterocycles. The highest BCUT2D eigenvalue weighted by molar-refractivity contribution is 5.35. The Balaban J connectivity index is 2.01. The highest BCUT2D eigenvalue weighted by atomic mass is 16.5. The first-order valence-corrected chi connectivity index (χ1v) is 6.08. The molecule has 0 amide bonds. The van der Waals surface area contributed by atoms with Gasteiger partial charge in [-0.1, -0.05) is 24.3 Å². The van der Waals surface area contributed by atoms with Crippen molar-refractivity contribution in [2.45, 2.75) is 18.9 Å². The molecule has 0 spiro atoms. The Morgan fingerprint density at radius 3 is 2.78 bits per heavy atom. The van der Waals surface area contributed by atoms with Gasteiger partial charge in [-0.25, -0.2) is 0 Å². The lowest BCUT2D eigenvalue weighted by Crippen LogP contribution is -2.12. The van der Waals surface area contributed by atoms with Crippen LogP contribution in [0.3, 0.4) is 0 Å². The lowest BCUT2D eigenvalue weighted by Gasteiger charge is -2.15. The van der Waals surface area contributed by atoms with Crippen LogP contribution in [0.1, 0.15) is 23.6 Å². The Kier molecular flexibility index (Phi) is 4.31. The van der Waals surface area contributed by atoms with E-state index < -0.39 is 0 Å². The van der Waals surface area contributed by atoms with E-state index in [4.69, 9.17) is 10.5 Å². The SMILES string of the molecule is COc1ccccc1C(N)CCc1cccnc1. The van der Waals surface area contributed by atoms with Crippen LogP contribution >= 0.6 is 0 Å². The van der Waals surface area contributed by atoms with E-state index >= 15 is 0 Å². The molecule has 0 bridgehead atoms. The molecular weight excluding hydrogens is 224 g/mol. The minimum absolute atomic E-state index is 0.0126. The van der Waals surface area contributed by atoms with Gasteiger partial charge in [0.1, 0.15) is 5.75 Å². The van der Waals surface area contributed by atoms with Crippen LogP contribution in [0.4, 0.5) is 0 Å². The number of pyridine rings is 1. The number of benzene rings is 1. The van der Waals surface area contributed by atoms with E-state index in [1.165, 1.54) is 5.56 Å². The average molecular weight is 242 g/mol. The standard InChI is InChI=1S/C15H18N2O/c1-18-15-7-3-2-6-13(15)14(16)9-8-12-5-4-10-17-11-12/h2-7,10-11,14H,8-9,16H2,1H3. The molecule has 1 atom stereocenters. The second kappa shape index (κ2) is 6.17. The molecule has 1 unspecified atom stereocenters. The van der Waals surface area contributed by atoms with Crippen LogP contribution in [0.15, 0.2) is 48.8 Å². The van der Waals surface area contributed by atoms with E-state index in [0.717, 1.165) is 24.2 Å². The van der Waals surface area contributed by atoms with Gasteiger partial charge in [-0.15, -0.1) is 0 Å². The van der Waals surface area contributed by atoms with E-state index in [-0.39, 0.29) is 6.04 Å². The largest absolute Gasteiger partial charge is 0.496 e. The fraction of sp³-hybridized carbons (Fsp3) is 0.267. The van der Waals surface area contributed by atoms with Gasteiger partial charge in [0, 0.05) is 24.0 Å². The van der Waals surface area contributed by atoms with Crippen LogP contribution in [0.5, 0.6) is 5.75 Å². The fourth-order valence-corrected chi connectivity index (χ4v) is 2.00. The Morgan fingerprint density at radius 1 is 1.22 bits per heavy atom. The summed E-state index contributed by atoms with van der Waals surface area (Å²) in [5, 5.41) is 0. The molecule has 18 heavy (non-hydrogen) atoms. The highest BCUT2D eigenvalue weighted by Gasteiger charge is 2.11. The number of hydrogen-bond donors (Lipinski definition) is 1. The summed E-state index contributed by atoms with van der Waals surface area (Å²) in [4.78, 5) is 4.10. The minimum Gasteiger partial charge on any atom is -0.496 e. The maximum atomic E-state index is 6.22. The van der Waals surface area contributed by atoms with Crippen molar-refractivity contribution in [1.82, 2.24) is 4.98 Å². The molecule has 2 rings (SSSR count). The number of methoxy groups -OCH3 is 1. The molecule has 2 aromatic rings. The lowest BCUT2D eigenvalue weighted by atomic mass is 10.00. The Morgan fingerprint density at radius 2 is 2.06 bits per heavy atom. The number of nitrogens with zero attached hydrogens (tertiary/aromatic N) is 1. The summed E-state index contributed by atoms with van der Waals surface area (Å²) in [5.41, 5.74) is 8.49. The Labute approximate surface area is 108 Å². The van der Waals surface area contributed by atoms with E-state index in [0.29, 0.717) is 0 Å². The van der Waals surface area contributed by atoms with Gasteiger partial charge < -0.3 is 10.5 Å². The third-order valence-electron chi connectivity index (χ3n) is 3.01. The number of aromatic nitrogens is 1. The third-order valence-corrected chi connectivity index (χ3v) is 3.01. The van der Waals surface area contributed by atoms with Gasteiger partial charge in [0.25, 0.3) is 0 Å². The first-order valence-electron chi connectivity index (χ1n) is 6.08. The number of hydrogen-bond acceptors (Lipinski definition) is 3. The van der Waals surface area contributed by atoms with E-state index in [2.05, 4.69) is 11.1 Å². The van der Waals surface area contributed by atoms with E-state index in [1.807, 2.05) is 36.5 Å². The van der Waals surface area contributed by atoms with E-state index in [1.54, 1.807) is 13.3 Å². The average Bonchev–Trinajstić information content (AvgIpc) is 2.45. The third kappa shape index (κ3) is 3.08. The summed E-state index contributed by atoms with van der Waals surface area (Å²) < 4.78 is 5.33. The predicted molar refractivity (Wildman–Crippen MR) is 72.5 cm³/mol. The molecule has 0 aliphatic carbocycles. The van der Waals surface area contributed by atoms with Crippen LogP contribution in [0.2, 0.25) is 0 Å². The first kappa shape index (κ1) is 12.6. The molecule has 3 heteroatoms. The second-order valence-corrected chi connectivity index (χ2v) is 4.25. The monoisotopic (exact) mass is 242 g/mol. The molecule has 2 N–H and O–H groups in total. The summed E-state index contributed by atoms with van der Waals surface area (Å²) in [5.74, 6) is 0.858. The number of para-hydroxylation sites is 1. The van der Waals surface area contributed by atoms with Crippen LogP contribution in [0, 0.1) is 0 Å². The molecule has 0 saturated carbocycles. The summed E-state index contributed by atoms with van der Waals surface area (Å²) in [6, 6.07) is 11.9. The second-order valence-electron chi connectivity index (χ2n) is 4.25. The van der Waals surface area contributed by atoms with Crippen LogP contribution in [-0.4, -0.2) is 12.1 Å². The van der Waals surface area contributed by atoms with Crippen LogP contribution in [-0.2, 0) is 6.42 Å². The van der Waals surface area contributed by atoms with Gasteiger partial charge in [-0.05, 0) is 30.5 Å².